The van der Waals surface area contributed by atoms with Crippen LogP contribution in [0.3, 0.4) is 0 Å². The zero-order valence-corrected chi connectivity index (χ0v) is 5.77. The largest absolute Gasteiger partial charge is 0.343 e. The predicted molar refractivity (Wildman–Crippen MR) is 36.7 cm³/mol. The number of carbonyl (C=O) groups excluding carboxylic acids is 1. The van der Waals surface area contributed by atoms with Gasteiger partial charge in [-0.15, -0.1) is 6.42 Å². The summed E-state index contributed by atoms with van der Waals surface area (Å²) >= 11 is 0. The maximum absolute atomic E-state index is 10.6. The van der Waals surface area contributed by atoms with Gasteiger partial charge in [0.1, 0.15) is 0 Å². The highest BCUT2D eigenvalue weighted by Gasteiger charge is 1.98. The van der Waals surface area contributed by atoms with Crippen molar-refractivity contribution < 1.29 is 4.79 Å². The summed E-state index contributed by atoms with van der Waals surface area (Å²) in [5, 5.41) is 2.60. The van der Waals surface area contributed by atoms with Crippen LogP contribution in [0, 0.1) is 12.3 Å². The van der Waals surface area contributed by atoms with Gasteiger partial charge in [0.15, 0.2) is 0 Å². The molecule has 0 aliphatic heterocycles. The summed E-state index contributed by atoms with van der Waals surface area (Å²) in [6, 6.07) is -0.141. The molecule has 0 bridgehead atoms. The van der Waals surface area contributed by atoms with Gasteiger partial charge in [-0.25, -0.2) is 0 Å². The first-order valence-corrected chi connectivity index (χ1v) is 2.96. The number of amides is 1. The van der Waals surface area contributed by atoms with Crippen LogP contribution in [0.1, 0.15) is 20.3 Å². The van der Waals surface area contributed by atoms with Crippen LogP contribution in [0.25, 0.3) is 0 Å². The maximum Gasteiger partial charge on any atom is 0.220 e. The second-order valence-corrected chi connectivity index (χ2v) is 1.81. The molecular weight excluding hydrogens is 114 g/mol. The third-order valence-corrected chi connectivity index (χ3v) is 0.949. The van der Waals surface area contributed by atoms with Crippen molar-refractivity contribution in [2.75, 3.05) is 0 Å². The van der Waals surface area contributed by atoms with Gasteiger partial charge >= 0.3 is 0 Å². The molecule has 0 aliphatic rings. The molecule has 0 fully saturated rings. The lowest BCUT2D eigenvalue weighted by Crippen LogP contribution is -2.30. The zero-order valence-electron chi connectivity index (χ0n) is 5.77. The van der Waals surface area contributed by atoms with E-state index in [2.05, 4.69) is 11.2 Å². The number of carbonyl (C=O) groups is 1. The molecule has 0 aromatic heterocycles. The van der Waals surface area contributed by atoms with Crippen LogP contribution in [-0.2, 0) is 4.79 Å². The zero-order chi connectivity index (χ0) is 7.28. The summed E-state index contributed by atoms with van der Waals surface area (Å²) in [6.07, 6.45) is 5.50. The summed E-state index contributed by atoms with van der Waals surface area (Å²) in [7, 11) is 0. The van der Waals surface area contributed by atoms with Gasteiger partial charge in [-0.2, -0.15) is 0 Å². The van der Waals surface area contributed by atoms with E-state index in [-0.39, 0.29) is 11.9 Å². The Balaban J connectivity index is 3.50. The van der Waals surface area contributed by atoms with Crippen molar-refractivity contribution in [2.45, 2.75) is 26.3 Å². The first-order chi connectivity index (χ1) is 4.20. The highest BCUT2D eigenvalue weighted by atomic mass is 16.1. The highest BCUT2D eigenvalue weighted by Crippen LogP contribution is 1.79. The Morgan fingerprint density at radius 3 is 2.78 bits per heavy atom. The minimum Gasteiger partial charge on any atom is -0.343 e. The summed E-state index contributed by atoms with van der Waals surface area (Å²) in [5.41, 5.74) is 0. The SMILES string of the molecule is C#C[C@H](C)NC(=O)CC. The van der Waals surface area contributed by atoms with Gasteiger partial charge in [-0.1, -0.05) is 12.8 Å². The Kier molecular flexibility index (Phi) is 3.54. The standard InChI is InChI=1S/C7H11NO/c1-4-6(3)8-7(9)5-2/h1,6H,5H2,2-3H3,(H,8,9)/t6-/m0/s1. The van der Waals surface area contributed by atoms with Crippen LogP contribution in [-0.4, -0.2) is 11.9 Å². The van der Waals surface area contributed by atoms with Crippen molar-refractivity contribution in [1.82, 2.24) is 5.32 Å². The number of terminal acetylenes is 1. The first-order valence-electron chi connectivity index (χ1n) is 2.96. The molecule has 0 aromatic rings. The maximum atomic E-state index is 10.6. The van der Waals surface area contributed by atoms with E-state index in [1.54, 1.807) is 13.8 Å². The van der Waals surface area contributed by atoms with Crippen molar-refractivity contribution in [3.8, 4) is 12.3 Å². The summed E-state index contributed by atoms with van der Waals surface area (Å²) in [6.45, 7) is 3.56. The van der Waals surface area contributed by atoms with Gasteiger partial charge in [-0.05, 0) is 6.92 Å². The van der Waals surface area contributed by atoms with E-state index in [1.165, 1.54) is 0 Å². The van der Waals surface area contributed by atoms with Gasteiger partial charge in [0.2, 0.25) is 5.91 Å². The highest BCUT2D eigenvalue weighted by molar-refractivity contribution is 5.76. The van der Waals surface area contributed by atoms with Crippen LogP contribution < -0.4 is 5.32 Å². The Bertz CT molecular complexity index is 134. The molecule has 0 heterocycles. The van der Waals surface area contributed by atoms with E-state index in [0.29, 0.717) is 6.42 Å². The molecule has 0 aromatic carbocycles. The van der Waals surface area contributed by atoms with E-state index >= 15 is 0 Å². The fourth-order valence-electron chi connectivity index (χ4n) is 0.385. The molecule has 0 aliphatic carbocycles. The van der Waals surface area contributed by atoms with Crippen LogP contribution in [0.5, 0.6) is 0 Å². The molecule has 0 spiro atoms. The van der Waals surface area contributed by atoms with E-state index in [9.17, 15) is 4.79 Å². The topological polar surface area (TPSA) is 29.1 Å². The molecule has 2 heteroatoms. The molecule has 1 amide bonds. The molecule has 0 saturated carbocycles. The molecular formula is C7H11NO. The van der Waals surface area contributed by atoms with Crippen molar-refractivity contribution in [3.05, 3.63) is 0 Å². The third-order valence-electron chi connectivity index (χ3n) is 0.949. The monoisotopic (exact) mass is 125 g/mol. The van der Waals surface area contributed by atoms with Gasteiger partial charge in [0.05, 0.1) is 6.04 Å². The van der Waals surface area contributed by atoms with Gasteiger partial charge < -0.3 is 5.32 Å². The second kappa shape index (κ2) is 3.96. The average molecular weight is 125 g/mol. The lowest BCUT2D eigenvalue weighted by atomic mass is 10.3. The number of nitrogens with one attached hydrogen (secondary N) is 1. The van der Waals surface area contributed by atoms with Crippen LogP contribution in [0.15, 0.2) is 0 Å². The minimum absolute atomic E-state index is 0.000417. The Hall–Kier alpha value is -0.970. The molecule has 9 heavy (non-hydrogen) atoms. The average Bonchev–Trinajstić information content (AvgIpc) is 1.87. The molecule has 50 valence electrons. The molecule has 0 rings (SSSR count). The van der Waals surface area contributed by atoms with Crippen LogP contribution in [0.4, 0.5) is 0 Å². The quantitative estimate of drug-likeness (QED) is 0.536. The number of hydrogen-bond acceptors (Lipinski definition) is 1. The van der Waals surface area contributed by atoms with Gasteiger partial charge in [-0.3, -0.25) is 4.79 Å². The smallest absolute Gasteiger partial charge is 0.220 e. The summed E-state index contributed by atoms with van der Waals surface area (Å²) in [5.74, 6) is 2.40. The van der Waals surface area contributed by atoms with Crippen molar-refractivity contribution in [1.29, 1.82) is 0 Å². The molecule has 1 N–H and O–H groups in total. The van der Waals surface area contributed by atoms with Crippen molar-refractivity contribution in [3.63, 3.8) is 0 Å². The summed E-state index contributed by atoms with van der Waals surface area (Å²) < 4.78 is 0. The first kappa shape index (κ1) is 8.03. The molecule has 0 saturated heterocycles. The molecule has 0 radical (unpaired) electrons. The van der Waals surface area contributed by atoms with E-state index in [0.717, 1.165) is 0 Å². The number of hydrogen-bond donors (Lipinski definition) is 1. The van der Waals surface area contributed by atoms with Gasteiger partial charge in [0, 0.05) is 6.42 Å². The minimum atomic E-state index is -0.141. The third kappa shape index (κ3) is 3.60. The van der Waals surface area contributed by atoms with E-state index in [1.807, 2.05) is 0 Å². The van der Waals surface area contributed by atoms with Crippen LogP contribution in [0.2, 0.25) is 0 Å². The Morgan fingerprint density at radius 1 is 1.89 bits per heavy atom. The van der Waals surface area contributed by atoms with Crippen molar-refractivity contribution in [2.24, 2.45) is 0 Å². The lowest BCUT2D eigenvalue weighted by Gasteiger charge is -2.04. The van der Waals surface area contributed by atoms with Gasteiger partial charge in [0.25, 0.3) is 0 Å². The molecule has 0 unspecified atom stereocenters. The molecule has 2 nitrogen and oxygen atoms in total. The second-order valence-electron chi connectivity index (χ2n) is 1.81. The Morgan fingerprint density at radius 2 is 2.44 bits per heavy atom. The molecule has 1 atom stereocenters. The normalized spacial score (nSPS) is 11.7. The summed E-state index contributed by atoms with van der Waals surface area (Å²) in [4.78, 5) is 10.6. The van der Waals surface area contributed by atoms with E-state index < -0.39 is 0 Å². The van der Waals surface area contributed by atoms with Crippen molar-refractivity contribution >= 4 is 5.91 Å². The van der Waals surface area contributed by atoms with E-state index in [4.69, 9.17) is 6.42 Å². The predicted octanol–water partition coefficient (Wildman–Crippen LogP) is 0.534. The van der Waals surface area contributed by atoms with Crippen LogP contribution >= 0.6 is 0 Å². The Labute approximate surface area is 55.6 Å². The fraction of sp³-hybridized carbons (Fsp3) is 0.571. The lowest BCUT2D eigenvalue weighted by molar-refractivity contribution is -0.121. The number of rotatable bonds is 2. The fourth-order valence-corrected chi connectivity index (χ4v) is 0.385.